The first-order valence-corrected chi connectivity index (χ1v) is 7.58. The van der Waals surface area contributed by atoms with Gasteiger partial charge in [0.1, 0.15) is 5.75 Å². The maximum absolute atomic E-state index is 11.1. The summed E-state index contributed by atoms with van der Waals surface area (Å²) < 4.78 is 34.6. The van der Waals surface area contributed by atoms with Crippen LogP contribution in [0.4, 0.5) is 5.69 Å². The molecule has 0 saturated carbocycles. The highest BCUT2D eigenvalue weighted by atomic mass is 32.2. The number of hydrogen-bond acceptors (Lipinski definition) is 5. The maximum Gasteiger partial charge on any atom is 0.344 e. The Morgan fingerprint density at radius 1 is 1.37 bits per heavy atom. The van der Waals surface area contributed by atoms with Gasteiger partial charge < -0.3 is 9.47 Å². The van der Waals surface area contributed by atoms with E-state index in [-0.39, 0.29) is 6.61 Å². The van der Waals surface area contributed by atoms with Crippen LogP contribution in [0.25, 0.3) is 0 Å². The number of sulfonamides is 1. The van der Waals surface area contributed by atoms with Crippen molar-refractivity contribution >= 4 is 21.7 Å². The number of aryl methyl sites for hydroxylation is 1. The Balaban J connectivity index is 2.69. The van der Waals surface area contributed by atoms with Gasteiger partial charge in [0.2, 0.25) is 10.0 Å². The summed E-state index contributed by atoms with van der Waals surface area (Å²) in [5, 5.41) is 0. The predicted octanol–water partition coefficient (Wildman–Crippen LogP) is 1.31. The number of hydrogen-bond donors (Lipinski definition) is 1. The lowest BCUT2D eigenvalue weighted by molar-refractivity contribution is -0.145. The molecule has 0 aliphatic heterocycles. The first-order valence-electron chi connectivity index (χ1n) is 5.68. The first-order chi connectivity index (χ1) is 8.81. The van der Waals surface area contributed by atoms with Crippen LogP contribution < -0.4 is 9.46 Å². The molecule has 0 atom stereocenters. The molecule has 1 N–H and O–H groups in total. The van der Waals surface area contributed by atoms with Crippen LogP contribution in [0.5, 0.6) is 5.75 Å². The van der Waals surface area contributed by atoms with Gasteiger partial charge >= 0.3 is 5.97 Å². The Labute approximate surface area is 112 Å². The zero-order chi connectivity index (χ0) is 14.5. The van der Waals surface area contributed by atoms with E-state index in [4.69, 9.17) is 9.47 Å². The van der Waals surface area contributed by atoms with E-state index in [0.29, 0.717) is 23.6 Å². The molecule has 1 aromatic rings. The van der Waals surface area contributed by atoms with Gasteiger partial charge in [-0.25, -0.2) is 13.2 Å². The van der Waals surface area contributed by atoms with Crippen molar-refractivity contribution in [2.24, 2.45) is 0 Å². The molecule has 1 rings (SSSR count). The number of anilines is 1. The van der Waals surface area contributed by atoms with Crippen LogP contribution in [0.1, 0.15) is 12.5 Å². The van der Waals surface area contributed by atoms with Gasteiger partial charge in [0.05, 0.1) is 18.6 Å². The topological polar surface area (TPSA) is 81.7 Å². The molecule has 0 fully saturated rings. The number of rotatable bonds is 6. The number of benzene rings is 1. The van der Waals surface area contributed by atoms with Crippen molar-refractivity contribution in [2.75, 3.05) is 24.2 Å². The van der Waals surface area contributed by atoms with Gasteiger partial charge in [-0.3, -0.25) is 4.72 Å². The van der Waals surface area contributed by atoms with Crippen LogP contribution in [0.2, 0.25) is 0 Å². The zero-order valence-electron chi connectivity index (χ0n) is 11.1. The summed E-state index contributed by atoms with van der Waals surface area (Å²) in [7, 11) is -3.31. The highest BCUT2D eigenvalue weighted by Gasteiger charge is 2.07. The highest BCUT2D eigenvalue weighted by Crippen LogP contribution is 2.22. The van der Waals surface area contributed by atoms with E-state index in [0.717, 1.165) is 6.26 Å². The van der Waals surface area contributed by atoms with Crippen molar-refractivity contribution < 1.29 is 22.7 Å². The summed E-state index contributed by atoms with van der Waals surface area (Å²) in [4.78, 5) is 11.1. The molecule has 106 valence electrons. The minimum Gasteiger partial charge on any atom is -0.482 e. The Kier molecular flexibility index (Phi) is 5.17. The van der Waals surface area contributed by atoms with Crippen molar-refractivity contribution in [3.8, 4) is 5.75 Å². The molecular formula is C12H17NO5S. The normalized spacial score (nSPS) is 10.9. The fourth-order valence-electron chi connectivity index (χ4n) is 1.39. The molecule has 0 heterocycles. The average Bonchev–Trinajstić information content (AvgIpc) is 2.28. The van der Waals surface area contributed by atoms with Crippen molar-refractivity contribution in [3.05, 3.63) is 23.8 Å². The summed E-state index contributed by atoms with van der Waals surface area (Å²) in [6.45, 7) is 3.59. The minimum absolute atomic E-state index is 0.174. The van der Waals surface area contributed by atoms with E-state index in [1.54, 1.807) is 32.0 Å². The second kappa shape index (κ2) is 6.42. The Hall–Kier alpha value is -1.76. The summed E-state index contributed by atoms with van der Waals surface area (Å²) in [6, 6.07) is 4.81. The summed E-state index contributed by atoms with van der Waals surface area (Å²) in [5.74, 6) is 0.0306. The molecule has 0 amide bonds. The molecule has 0 saturated heterocycles. The van der Waals surface area contributed by atoms with E-state index in [1.165, 1.54) is 0 Å². The van der Waals surface area contributed by atoms with Gasteiger partial charge in [0, 0.05) is 0 Å². The van der Waals surface area contributed by atoms with E-state index < -0.39 is 16.0 Å². The largest absolute Gasteiger partial charge is 0.482 e. The third-order valence-corrected chi connectivity index (χ3v) is 2.75. The molecule has 7 heteroatoms. The van der Waals surface area contributed by atoms with Gasteiger partial charge in [0.15, 0.2) is 6.61 Å². The maximum atomic E-state index is 11.1. The Morgan fingerprint density at radius 2 is 2.05 bits per heavy atom. The third kappa shape index (κ3) is 5.60. The molecular weight excluding hydrogens is 270 g/mol. The zero-order valence-corrected chi connectivity index (χ0v) is 11.9. The minimum atomic E-state index is -3.31. The molecule has 1 aromatic carbocycles. The number of nitrogens with one attached hydrogen (secondary N) is 1. The van der Waals surface area contributed by atoms with E-state index >= 15 is 0 Å². The van der Waals surface area contributed by atoms with E-state index in [1.807, 2.05) is 0 Å². The molecule has 0 spiro atoms. The summed E-state index contributed by atoms with van der Waals surface area (Å²) in [6.07, 6.45) is 1.08. The second-order valence-corrected chi connectivity index (χ2v) is 5.69. The number of ether oxygens (including phenoxy) is 2. The molecule has 0 aliphatic rings. The Bertz CT molecular complexity index is 553. The molecule has 0 aromatic heterocycles. The second-order valence-electron chi connectivity index (χ2n) is 3.94. The van der Waals surface area contributed by atoms with Crippen molar-refractivity contribution in [2.45, 2.75) is 13.8 Å². The van der Waals surface area contributed by atoms with Crippen LogP contribution in [0.15, 0.2) is 18.2 Å². The van der Waals surface area contributed by atoms with Crippen LogP contribution >= 0.6 is 0 Å². The lowest BCUT2D eigenvalue weighted by atomic mass is 10.2. The first kappa shape index (κ1) is 15.3. The predicted molar refractivity (Wildman–Crippen MR) is 71.8 cm³/mol. The quantitative estimate of drug-likeness (QED) is 0.798. The Morgan fingerprint density at radius 3 is 2.58 bits per heavy atom. The molecule has 6 nitrogen and oxygen atoms in total. The van der Waals surface area contributed by atoms with Gasteiger partial charge in [0.25, 0.3) is 0 Å². The van der Waals surface area contributed by atoms with Gasteiger partial charge in [-0.2, -0.15) is 0 Å². The van der Waals surface area contributed by atoms with Crippen LogP contribution in [0, 0.1) is 6.92 Å². The molecule has 0 unspecified atom stereocenters. The van der Waals surface area contributed by atoms with Crippen molar-refractivity contribution in [3.63, 3.8) is 0 Å². The number of carbonyl (C=O) groups is 1. The molecule has 0 bridgehead atoms. The lowest BCUT2D eigenvalue weighted by Crippen LogP contribution is -2.15. The molecule has 0 radical (unpaired) electrons. The van der Waals surface area contributed by atoms with Gasteiger partial charge in [-0.05, 0) is 37.6 Å². The smallest absolute Gasteiger partial charge is 0.344 e. The lowest BCUT2D eigenvalue weighted by Gasteiger charge is -2.10. The van der Waals surface area contributed by atoms with Crippen molar-refractivity contribution in [1.82, 2.24) is 0 Å². The number of esters is 1. The average molecular weight is 287 g/mol. The van der Waals surface area contributed by atoms with Gasteiger partial charge in [-0.1, -0.05) is 0 Å². The van der Waals surface area contributed by atoms with Crippen LogP contribution in [-0.2, 0) is 19.6 Å². The molecule has 19 heavy (non-hydrogen) atoms. The van der Waals surface area contributed by atoms with Crippen molar-refractivity contribution in [1.29, 1.82) is 0 Å². The highest BCUT2D eigenvalue weighted by molar-refractivity contribution is 7.92. The SMILES string of the molecule is CCOC(=O)COc1ccc(NS(C)(=O)=O)c(C)c1. The van der Waals surface area contributed by atoms with Gasteiger partial charge in [-0.15, -0.1) is 0 Å². The fourth-order valence-corrected chi connectivity index (χ4v) is 2.01. The third-order valence-electron chi connectivity index (χ3n) is 2.16. The molecule has 0 aliphatic carbocycles. The fraction of sp³-hybridized carbons (Fsp3) is 0.417. The van der Waals surface area contributed by atoms with E-state index in [2.05, 4.69) is 4.72 Å². The van der Waals surface area contributed by atoms with Crippen LogP contribution in [-0.4, -0.2) is 33.9 Å². The van der Waals surface area contributed by atoms with Crippen LogP contribution in [0.3, 0.4) is 0 Å². The standard InChI is InChI=1S/C12H17NO5S/c1-4-17-12(14)8-18-10-5-6-11(9(2)7-10)13-19(3,15)16/h5-7,13H,4,8H2,1-3H3. The number of carbonyl (C=O) groups excluding carboxylic acids is 1. The monoisotopic (exact) mass is 287 g/mol. The van der Waals surface area contributed by atoms with E-state index in [9.17, 15) is 13.2 Å². The summed E-state index contributed by atoms with van der Waals surface area (Å²) >= 11 is 0. The summed E-state index contributed by atoms with van der Waals surface area (Å²) in [5.41, 5.74) is 1.18.